The van der Waals surface area contributed by atoms with Crippen LogP contribution in [0.25, 0.3) is 0 Å². The zero-order valence-electron chi connectivity index (χ0n) is 21.1. The van der Waals surface area contributed by atoms with Gasteiger partial charge in [0, 0.05) is 39.1 Å². The first-order valence-corrected chi connectivity index (χ1v) is 14.3. The third kappa shape index (κ3) is 6.53. The maximum Gasteiger partial charge on any atom is 0.232 e. The summed E-state index contributed by atoms with van der Waals surface area (Å²) in [6, 6.07) is 28.6. The van der Waals surface area contributed by atoms with Gasteiger partial charge in [-0.15, -0.1) is 0 Å². The smallest absolute Gasteiger partial charge is 0.232 e. The Morgan fingerprint density at radius 2 is 1.36 bits per heavy atom. The van der Waals surface area contributed by atoms with Crippen LogP contribution in [-0.2, 0) is 14.8 Å². The topological polar surface area (TPSA) is 60.9 Å². The SMILES string of the molecule is Cc1ccc(N(CCCC(=O)N2CCN(C(c3ccccc3)c3ccccc3)CC2)S(C)(=O)=O)cc1. The Labute approximate surface area is 215 Å². The maximum atomic E-state index is 13.0. The molecule has 0 radical (unpaired) electrons. The molecule has 0 unspecified atom stereocenters. The number of carbonyl (C=O) groups is 1. The Balaban J connectivity index is 1.34. The molecule has 1 aliphatic rings. The van der Waals surface area contributed by atoms with E-state index in [-0.39, 0.29) is 18.5 Å². The van der Waals surface area contributed by atoms with Crippen LogP contribution in [0.4, 0.5) is 5.69 Å². The molecule has 4 rings (SSSR count). The number of benzene rings is 3. The number of carbonyl (C=O) groups excluding carboxylic acids is 1. The van der Waals surface area contributed by atoms with Gasteiger partial charge in [0.05, 0.1) is 18.0 Å². The summed E-state index contributed by atoms with van der Waals surface area (Å²) in [5.41, 5.74) is 4.21. The van der Waals surface area contributed by atoms with E-state index in [9.17, 15) is 13.2 Å². The molecule has 190 valence electrons. The first kappa shape index (κ1) is 25.9. The van der Waals surface area contributed by atoms with Gasteiger partial charge in [0.1, 0.15) is 0 Å². The van der Waals surface area contributed by atoms with Crippen LogP contribution in [0.3, 0.4) is 0 Å². The van der Waals surface area contributed by atoms with Crippen LogP contribution in [0, 0.1) is 6.92 Å². The average molecular weight is 506 g/mol. The lowest BCUT2D eigenvalue weighted by atomic mass is 9.96. The molecule has 0 spiro atoms. The monoisotopic (exact) mass is 505 g/mol. The Kier molecular flexibility index (Phi) is 8.44. The molecule has 1 fully saturated rings. The first-order chi connectivity index (χ1) is 17.3. The minimum atomic E-state index is -3.42. The first-order valence-electron chi connectivity index (χ1n) is 12.5. The molecule has 1 amide bonds. The summed E-state index contributed by atoms with van der Waals surface area (Å²) >= 11 is 0. The molecule has 0 saturated carbocycles. The minimum absolute atomic E-state index is 0.0861. The molecule has 0 aliphatic carbocycles. The van der Waals surface area contributed by atoms with Crippen LogP contribution in [-0.4, -0.2) is 63.1 Å². The number of amides is 1. The summed E-state index contributed by atoms with van der Waals surface area (Å²) in [5.74, 6) is 0.0861. The highest BCUT2D eigenvalue weighted by atomic mass is 32.2. The second kappa shape index (κ2) is 11.7. The van der Waals surface area contributed by atoms with E-state index in [0.29, 0.717) is 31.6 Å². The number of aryl methyl sites for hydroxylation is 1. The van der Waals surface area contributed by atoms with Crippen LogP contribution in [0.5, 0.6) is 0 Å². The van der Waals surface area contributed by atoms with Gasteiger partial charge < -0.3 is 4.90 Å². The molecule has 6 nitrogen and oxygen atoms in total. The standard InChI is InChI=1S/C29H35N3O3S/c1-24-15-17-27(18-16-24)32(36(2,34)35)19-9-14-28(33)30-20-22-31(23-21-30)29(25-10-5-3-6-11-25)26-12-7-4-8-13-26/h3-8,10-13,15-18,29H,9,14,19-23H2,1-2H3. The van der Waals surface area contributed by atoms with Gasteiger partial charge in [0.2, 0.25) is 15.9 Å². The Morgan fingerprint density at radius 3 is 1.86 bits per heavy atom. The van der Waals surface area contributed by atoms with Crippen molar-refractivity contribution in [2.45, 2.75) is 25.8 Å². The minimum Gasteiger partial charge on any atom is -0.340 e. The molecule has 3 aromatic rings. The zero-order valence-corrected chi connectivity index (χ0v) is 21.9. The van der Waals surface area contributed by atoms with E-state index >= 15 is 0 Å². The van der Waals surface area contributed by atoms with Gasteiger partial charge in [-0.1, -0.05) is 78.4 Å². The Bertz CT molecular complexity index is 1180. The van der Waals surface area contributed by atoms with Crippen molar-refractivity contribution in [3.63, 3.8) is 0 Å². The number of piperazine rings is 1. The summed E-state index contributed by atoms with van der Waals surface area (Å²) in [6.45, 7) is 5.18. The Morgan fingerprint density at radius 1 is 0.833 bits per heavy atom. The van der Waals surface area contributed by atoms with Gasteiger partial charge in [-0.2, -0.15) is 0 Å². The fourth-order valence-electron chi connectivity index (χ4n) is 4.84. The van der Waals surface area contributed by atoms with E-state index in [0.717, 1.165) is 18.7 Å². The molecule has 0 N–H and O–H groups in total. The Hall–Kier alpha value is -3.16. The van der Waals surface area contributed by atoms with E-state index in [1.165, 1.54) is 21.7 Å². The van der Waals surface area contributed by atoms with Crippen LogP contribution in [0.15, 0.2) is 84.9 Å². The van der Waals surface area contributed by atoms with Crippen LogP contribution >= 0.6 is 0 Å². The lowest BCUT2D eigenvalue weighted by Crippen LogP contribution is -2.50. The fourth-order valence-corrected chi connectivity index (χ4v) is 5.81. The molecule has 36 heavy (non-hydrogen) atoms. The van der Waals surface area contributed by atoms with Gasteiger partial charge in [-0.05, 0) is 36.6 Å². The summed E-state index contributed by atoms with van der Waals surface area (Å²) in [5, 5.41) is 0. The van der Waals surface area contributed by atoms with Gasteiger partial charge in [0.15, 0.2) is 0 Å². The van der Waals surface area contributed by atoms with Gasteiger partial charge in [0.25, 0.3) is 0 Å². The molecule has 7 heteroatoms. The van der Waals surface area contributed by atoms with Gasteiger partial charge in [-0.25, -0.2) is 8.42 Å². The van der Waals surface area contributed by atoms with Crippen molar-refractivity contribution in [3.05, 3.63) is 102 Å². The van der Waals surface area contributed by atoms with Crippen molar-refractivity contribution in [2.24, 2.45) is 0 Å². The number of rotatable bonds is 9. The number of nitrogens with zero attached hydrogens (tertiary/aromatic N) is 3. The molecular formula is C29H35N3O3S. The van der Waals surface area contributed by atoms with Crippen molar-refractivity contribution < 1.29 is 13.2 Å². The van der Waals surface area contributed by atoms with Crippen LogP contribution in [0.2, 0.25) is 0 Å². The molecular weight excluding hydrogens is 470 g/mol. The molecule has 0 aromatic heterocycles. The molecule has 0 bridgehead atoms. The second-order valence-corrected chi connectivity index (χ2v) is 11.3. The highest BCUT2D eigenvalue weighted by molar-refractivity contribution is 7.92. The highest BCUT2D eigenvalue weighted by Crippen LogP contribution is 2.29. The van der Waals surface area contributed by atoms with Crippen molar-refractivity contribution in [3.8, 4) is 0 Å². The lowest BCUT2D eigenvalue weighted by Gasteiger charge is -2.40. The van der Waals surface area contributed by atoms with Gasteiger partial charge >= 0.3 is 0 Å². The highest BCUT2D eigenvalue weighted by Gasteiger charge is 2.28. The zero-order chi connectivity index (χ0) is 25.5. The number of anilines is 1. The average Bonchev–Trinajstić information content (AvgIpc) is 2.88. The van der Waals surface area contributed by atoms with Crippen LogP contribution < -0.4 is 4.31 Å². The third-order valence-corrected chi connectivity index (χ3v) is 7.93. The third-order valence-electron chi connectivity index (χ3n) is 6.74. The molecule has 1 aliphatic heterocycles. The van der Waals surface area contributed by atoms with E-state index in [1.807, 2.05) is 48.2 Å². The lowest BCUT2D eigenvalue weighted by molar-refractivity contribution is -0.133. The van der Waals surface area contributed by atoms with E-state index < -0.39 is 10.0 Å². The summed E-state index contributed by atoms with van der Waals surface area (Å²) in [4.78, 5) is 17.3. The van der Waals surface area contributed by atoms with Crippen molar-refractivity contribution in [2.75, 3.05) is 43.3 Å². The molecule has 0 atom stereocenters. The quantitative estimate of drug-likeness (QED) is 0.430. The van der Waals surface area contributed by atoms with Gasteiger partial charge in [-0.3, -0.25) is 14.0 Å². The van der Waals surface area contributed by atoms with Crippen molar-refractivity contribution in [1.82, 2.24) is 9.80 Å². The molecule has 1 saturated heterocycles. The molecule has 1 heterocycles. The largest absolute Gasteiger partial charge is 0.340 e. The van der Waals surface area contributed by atoms with Crippen molar-refractivity contribution in [1.29, 1.82) is 0 Å². The summed E-state index contributed by atoms with van der Waals surface area (Å²) in [6.07, 6.45) is 2.03. The number of hydrogen-bond acceptors (Lipinski definition) is 4. The predicted octanol–water partition coefficient (Wildman–Crippen LogP) is 4.48. The second-order valence-electron chi connectivity index (χ2n) is 9.41. The summed E-state index contributed by atoms with van der Waals surface area (Å²) in [7, 11) is -3.42. The number of hydrogen-bond donors (Lipinski definition) is 0. The fraction of sp³-hybridized carbons (Fsp3) is 0.345. The number of sulfonamides is 1. The summed E-state index contributed by atoms with van der Waals surface area (Å²) < 4.78 is 26.1. The molecule has 3 aromatic carbocycles. The maximum absolute atomic E-state index is 13.0. The van der Waals surface area contributed by atoms with E-state index in [2.05, 4.69) is 53.4 Å². The predicted molar refractivity (Wildman–Crippen MR) is 145 cm³/mol. The van der Waals surface area contributed by atoms with E-state index in [4.69, 9.17) is 0 Å². The normalized spacial score (nSPS) is 14.7. The van der Waals surface area contributed by atoms with E-state index in [1.54, 1.807) is 0 Å². The van der Waals surface area contributed by atoms with Crippen LogP contribution in [0.1, 0.15) is 35.6 Å². The van der Waals surface area contributed by atoms with Crippen molar-refractivity contribution >= 4 is 21.6 Å².